The fourth-order valence-electron chi connectivity index (χ4n) is 3.90. The van der Waals surface area contributed by atoms with Gasteiger partial charge in [-0.3, -0.25) is 0 Å². The number of piperazine rings is 1. The first kappa shape index (κ1) is 20.9. The fraction of sp³-hybridized carbons (Fsp3) is 0.250. The number of anilines is 3. The fourth-order valence-corrected chi connectivity index (χ4v) is 3.90. The van der Waals surface area contributed by atoms with Gasteiger partial charge in [-0.25, -0.2) is 14.4 Å². The highest BCUT2D eigenvalue weighted by Gasteiger charge is 2.19. The van der Waals surface area contributed by atoms with Crippen LogP contribution in [0.2, 0.25) is 0 Å². The quantitative estimate of drug-likeness (QED) is 0.478. The second kappa shape index (κ2) is 9.23. The standard InChI is InChI=1S/C24H24FN7O/c1-17-29-24(33-30-17)21-3-2-9-27-23(21)28-16-18-8-10-26-22(15-18)32-13-11-31(12-14-32)20-6-4-19(25)5-7-20/h2-10,15H,11-14,16H2,1H3,(H,27,28). The van der Waals surface area contributed by atoms with E-state index in [-0.39, 0.29) is 5.82 Å². The Morgan fingerprint density at radius 2 is 1.76 bits per heavy atom. The lowest BCUT2D eigenvalue weighted by Crippen LogP contribution is -2.46. The number of pyridine rings is 2. The Labute approximate surface area is 191 Å². The molecule has 0 unspecified atom stereocenters. The van der Waals surface area contributed by atoms with Gasteiger partial charge < -0.3 is 19.6 Å². The summed E-state index contributed by atoms with van der Waals surface area (Å²) in [5.74, 6) is 2.45. The van der Waals surface area contributed by atoms with Gasteiger partial charge in [0.2, 0.25) is 0 Å². The number of nitrogens with zero attached hydrogens (tertiary/aromatic N) is 6. The minimum absolute atomic E-state index is 0.211. The van der Waals surface area contributed by atoms with Gasteiger partial charge in [0.1, 0.15) is 17.5 Å². The van der Waals surface area contributed by atoms with Crippen LogP contribution in [0.5, 0.6) is 0 Å². The number of hydrogen-bond donors (Lipinski definition) is 1. The molecule has 1 N–H and O–H groups in total. The van der Waals surface area contributed by atoms with Crippen LogP contribution in [0.1, 0.15) is 11.4 Å². The van der Waals surface area contributed by atoms with Crippen molar-refractivity contribution in [2.24, 2.45) is 0 Å². The number of hydrogen-bond acceptors (Lipinski definition) is 8. The van der Waals surface area contributed by atoms with E-state index in [1.807, 2.05) is 36.5 Å². The molecular formula is C24H24FN7O. The van der Waals surface area contributed by atoms with Crippen molar-refractivity contribution in [3.8, 4) is 11.5 Å². The van der Waals surface area contributed by atoms with Gasteiger partial charge in [0.25, 0.3) is 5.89 Å². The Morgan fingerprint density at radius 1 is 0.970 bits per heavy atom. The van der Waals surface area contributed by atoms with Gasteiger partial charge in [0.15, 0.2) is 5.82 Å². The second-order valence-corrected chi connectivity index (χ2v) is 7.87. The summed E-state index contributed by atoms with van der Waals surface area (Å²) in [4.78, 5) is 17.9. The minimum Gasteiger partial charge on any atom is -0.368 e. The van der Waals surface area contributed by atoms with Crippen molar-refractivity contribution in [2.45, 2.75) is 13.5 Å². The molecule has 0 atom stereocenters. The number of rotatable bonds is 6. The van der Waals surface area contributed by atoms with E-state index in [9.17, 15) is 4.39 Å². The van der Waals surface area contributed by atoms with Gasteiger partial charge in [-0.2, -0.15) is 4.98 Å². The maximum absolute atomic E-state index is 13.2. The maximum atomic E-state index is 13.2. The van der Waals surface area contributed by atoms with Crippen molar-refractivity contribution in [3.63, 3.8) is 0 Å². The average molecular weight is 446 g/mol. The molecule has 3 aromatic heterocycles. The second-order valence-electron chi connectivity index (χ2n) is 7.87. The van der Waals surface area contributed by atoms with E-state index in [4.69, 9.17) is 4.52 Å². The molecule has 33 heavy (non-hydrogen) atoms. The van der Waals surface area contributed by atoms with E-state index < -0.39 is 0 Å². The molecule has 9 heteroatoms. The number of aryl methyl sites for hydroxylation is 1. The Kier molecular flexibility index (Phi) is 5.84. The van der Waals surface area contributed by atoms with Crippen molar-refractivity contribution >= 4 is 17.3 Å². The summed E-state index contributed by atoms with van der Waals surface area (Å²) in [7, 11) is 0. The molecule has 0 spiro atoms. The van der Waals surface area contributed by atoms with E-state index in [0.29, 0.717) is 24.1 Å². The van der Waals surface area contributed by atoms with Gasteiger partial charge in [-0.1, -0.05) is 5.16 Å². The summed E-state index contributed by atoms with van der Waals surface area (Å²) >= 11 is 0. The highest BCUT2D eigenvalue weighted by Crippen LogP contribution is 2.25. The molecule has 1 aliphatic rings. The van der Waals surface area contributed by atoms with Crippen LogP contribution in [0.25, 0.3) is 11.5 Å². The summed E-state index contributed by atoms with van der Waals surface area (Å²) in [6, 6.07) is 14.5. The third-order valence-electron chi connectivity index (χ3n) is 5.63. The van der Waals surface area contributed by atoms with Crippen LogP contribution in [0.4, 0.5) is 21.7 Å². The van der Waals surface area contributed by atoms with Crippen LogP contribution in [-0.2, 0) is 6.54 Å². The van der Waals surface area contributed by atoms with Crippen LogP contribution in [0.15, 0.2) is 65.4 Å². The van der Waals surface area contributed by atoms with Gasteiger partial charge in [-0.15, -0.1) is 0 Å². The molecule has 168 valence electrons. The van der Waals surface area contributed by atoms with Crippen LogP contribution in [0, 0.1) is 12.7 Å². The highest BCUT2D eigenvalue weighted by atomic mass is 19.1. The van der Waals surface area contributed by atoms with Crippen molar-refractivity contribution in [2.75, 3.05) is 41.3 Å². The lowest BCUT2D eigenvalue weighted by Gasteiger charge is -2.36. The summed E-state index contributed by atoms with van der Waals surface area (Å²) in [6.07, 6.45) is 3.56. The van der Waals surface area contributed by atoms with E-state index in [1.165, 1.54) is 12.1 Å². The summed E-state index contributed by atoms with van der Waals surface area (Å²) in [5.41, 5.74) is 2.91. The summed E-state index contributed by atoms with van der Waals surface area (Å²) < 4.78 is 18.5. The third kappa shape index (κ3) is 4.77. The topological polar surface area (TPSA) is 83.2 Å². The van der Waals surface area contributed by atoms with Gasteiger partial charge in [0, 0.05) is 50.8 Å². The molecule has 4 heterocycles. The maximum Gasteiger partial charge on any atom is 0.261 e. The molecule has 8 nitrogen and oxygen atoms in total. The zero-order chi connectivity index (χ0) is 22.6. The van der Waals surface area contributed by atoms with Crippen molar-refractivity contribution in [3.05, 3.63) is 78.1 Å². The molecule has 1 aromatic carbocycles. The zero-order valence-corrected chi connectivity index (χ0v) is 18.3. The van der Waals surface area contributed by atoms with Crippen LogP contribution in [-0.4, -0.2) is 46.3 Å². The SMILES string of the molecule is Cc1noc(-c2cccnc2NCc2ccnc(N3CCN(c4ccc(F)cc4)CC3)c2)n1. The Morgan fingerprint density at radius 3 is 2.52 bits per heavy atom. The smallest absolute Gasteiger partial charge is 0.261 e. The Bertz CT molecular complexity index is 1220. The van der Waals surface area contributed by atoms with Crippen molar-refractivity contribution in [1.29, 1.82) is 0 Å². The largest absolute Gasteiger partial charge is 0.368 e. The number of aromatic nitrogens is 4. The molecule has 0 aliphatic carbocycles. The number of halogens is 1. The number of benzene rings is 1. The Balaban J connectivity index is 1.23. The van der Waals surface area contributed by atoms with Gasteiger partial charge >= 0.3 is 0 Å². The third-order valence-corrected chi connectivity index (χ3v) is 5.63. The molecule has 0 bridgehead atoms. The molecule has 1 saturated heterocycles. The zero-order valence-electron chi connectivity index (χ0n) is 18.3. The van der Waals surface area contributed by atoms with E-state index in [2.05, 4.69) is 41.3 Å². The van der Waals surface area contributed by atoms with E-state index >= 15 is 0 Å². The lowest BCUT2D eigenvalue weighted by atomic mass is 10.2. The summed E-state index contributed by atoms with van der Waals surface area (Å²) in [5, 5.41) is 7.25. The van der Waals surface area contributed by atoms with E-state index in [1.54, 1.807) is 13.1 Å². The highest BCUT2D eigenvalue weighted by molar-refractivity contribution is 5.68. The average Bonchev–Trinajstić information content (AvgIpc) is 3.30. The number of nitrogens with one attached hydrogen (secondary N) is 1. The lowest BCUT2D eigenvalue weighted by molar-refractivity contribution is 0.425. The molecule has 1 fully saturated rings. The van der Waals surface area contributed by atoms with Gasteiger partial charge in [0.05, 0.1) is 5.56 Å². The van der Waals surface area contributed by atoms with Crippen LogP contribution in [0.3, 0.4) is 0 Å². The first-order chi connectivity index (χ1) is 16.2. The van der Waals surface area contributed by atoms with E-state index in [0.717, 1.165) is 48.8 Å². The molecule has 0 radical (unpaired) electrons. The molecule has 0 amide bonds. The van der Waals surface area contributed by atoms with Crippen LogP contribution >= 0.6 is 0 Å². The van der Waals surface area contributed by atoms with Crippen molar-refractivity contribution in [1.82, 2.24) is 20.1 Å². The predicted octanol–water partition coefficient (Wildman–Crippen LogP) is 3.91. The first-order valence-corrected chi connectivity index (χ1v) is 10.9. The van der Waals surface area contributed by atoms with Crippen molar-refractivity contribution < 1.29 is 8.91 Å². The predicted molar refractivity (Wildman–Crippen MR) is 125 cm³/mol. The first-order valence-electron chi connectivity index (χ1n) is 10.9. The monoisotopic (exact) mass is 445 g/mol. The van der Waals surface area contributed by atoms with Gasteiger partial charge in [-0.05, 0) is 61.0 Å². The van der Waals surface area contributed by atoms with Crippen LogP contribution < -0.4 is 15.1 Å². The molecule has 4 aromatic rings. The summed E-state index contributed by atoms with van der Waals surface area (Å²) in [6.45, 7) is 5.79. The Hall–Kier alpha value is -4.01. The molecule has 1 aliphatic heterocycles. The minimum atomic E-state index is -0.211. The molecular weight excluding hydrogens is 421 g/mol. The molecule has 5 rings (SSSR count). The normalized spacial score (nSPS) is 13.9. The molecule has 0 saturated carbocycles.